The molecule has 18 heavy (non-hydrogen) atoms. The maximum absolute atomic E-state index is 12.0. The molecule has 0 bridgehead atoms. The molecule has 6 heteroatoms. The fourth-order valence-corrected chi connectivity index (χ4v) is 2.05. The van der Waals surface area contributed by atoms with Gasteiger partial charge in [0.05, 0.1) is 19.1 Å². The third-order valence-corrected chi connectivity index (χ3v) is 2.97. The summed E-state index contributed by atoms with van der Waals surface area (Å²) >= 11 is 0. The monoisotopic (exact) mass is 257 g/mol. The van der Waals surface area contributed by atoms with Crippen molar-refractivity contribution in [3.8, 4) is 0 Å². The summed E-state index contributed by atoms with van der Waals surface area (Å²) in [6, 6.07) is -0.173. The first-order chi connectivity index (χ1) is 8.54. The van der Waals surface area contributed by atoms with Crippen LogP contribution in [0.2, 0.25) is 0 Å². The number of carbonyl (C=O) groups excluding carboxylic acids is 2. The van der Waals surface area contributed by atoms with Gasteiger partial charge < -0.3 is 21.1 Å². The van der Waals surface area contributed by atoms with Crippen molar-refractivity contribution in [1.29, 1.82) is 0 Å². The van der Waals surface area contributed by atoms with E-state index < -0.39 is 5.91 Å². The lowest BCUT2D eigenvalue weighted by atomic mass is 10.0. The highest BCUT2D eigenvalue weighted by molar-refractivity contribution is 5.81. The minimum atomic E-state index is -0.411. The zero-order valence-corrected chi connectivity index (χ0v) is 11.1. The van der Waals surface area contributed by atoms with E-state index in [0.29, 0.717) is 13.2 Å². The molecule has 0 aliphatic carbocycles. The van der Waals surface area contributed by atoms with Crippen LogP contribution < -0.4 is 16.4 Å². The van der Waals surface area contributed by atoms with Crippen LogP contribution in [0.4, 0.5) is 0 Å². The summed E-state index contributed by atoms with van der Waals surface area (Å²) in [4.78, 5) is 22.8. The standard InChI is InChI=1S/C12H23N3O3/c1-3-4-14-10-7-18-6-9(10)12(17)15-8(2)5-11(13)16/h8-10,14H,3-7H2,1-2H3,(H2,13,16)(H,15,17). The van der Waals surface area contributed by atoms with E-state index in [0.717, 1.165) is 13.0 Å². The van der Waals surface area contributed by atoms with Crippen molar-refractivity contribution >= 4 is 11.8 Å². The van der Waals surface area contributed by atoms with Crippen LogP contribution in [0.15, 0.2) is 0 Å². The molecule has 4 N–H and O–H groups in total. The molecule has 0 aromatic carbocycles. The van der Waals surface area contributed by atoms with Crippen LogP contribution in [0.5, 0.6) is 0 Å². The number of nitrogens with two attached hydrogens (primary N) is 1. The van der Waals surface area contributed by atoms with Gasteiger partial charge in [0, 0.05) is 18.5 Å². The van der Waals surface area contributed by atoms with Crippen LogP contribution in [0.3, 0.4) is 0 Å². The molecule has 1 saturated heterocycles. The third-order valence-electron chi connectivity index (χ3n) is 2.97. The molecule has 3 unspecified atom stereocenters. The summed E-state index contributed by atoms with van der Waals surface area (Å²) < 4.78 is 5.34. The number of rotatable bonds is 7. The predicted octanol–water partition coefficient (Wildman–Crippen LogP) is -0.619. The first-order valence-electron chi connectivity index (χ1n) is 6.44. The van der Waals surface area contributed by atoms with E-state index in [2.05, 4.69) is 17.6 Å². The topological polar surface area (TPSA) is 93.4 Å². The van der Waals surface area contributed by atoms with E-state index >= 15 is 0 Å². The highest BCUT2D eigenvalue weighted by Crippen LogP contribution is 2.14. The minimum absolute atomic E-state index is 0.0609. The largest absolute Gasteiger partial charge is 0.379 e. The average molecular weight is 257 g/mol. The maximum Gasteiger partial charge on any atom is 0.227 e. The summed E-state index contributed by atoms with van der Waals surface area (Å²) in [6.07, 6.45) is 1.18. The number of primary amides is 1. The van der Waals surface area contributed by atoms with E-state index in [4.69, 9.17) is 10.5 Å². The Bertz CT molecular complexity index is 296. The van der Waals surface area contributed by atoms with E-state index in [-0.39, 0.29) is 30.3 Å². The van der Waals surface area contributed by atoms with Crippen molar-refractivity contribution in [2.24, 2.45) is 11.7 Å². The number of nitrogens with one attached hydrogen (secondary N) is 2. The van der Waals surface area contributed by atoms with Gasteiger partial charge in [0.15, 0.2) is 0 Å². The third kappa shape index (κ3) is 4.62. The van der Waals surface area contributed by atoms with Gasteiger partial charge in [0.1, 0.15) is 0 Å². The van der Waals surface area contributed by atoms with Crippen molar-refractivity contribution < 1.29 is 14.3 Å². The van der Waals surface area contributed by atoms with Gasteiger partial charge in [-0.05, 0) is 19.9 Å². The summed E-state index contributed by atoms with van der Waals surface area (Å²) in [5, 5.41) is 6.10. The molecule has 104 valence electrons. The molecule has 0 saturated carbocycles. The molecule has 1 heterocycles. The van der Waals surface area contributed by atoms with Crippen LogP contribution in [0.25, 0.3) is 0 Å². The van der Waals surface area contributed by atoms with E-state index in [1.807, 2.05) is 0 Å². The molecule has 0 aromatic heterocycles. The molecular formula is C12H23N3O3. The molecule has 1 rings (SSSR count). The van der Waals surface area contributed by atoms with Crippen molar-refractivity contribution in [2.75, 3.05) is 19.8 Å². The fraction of sp³-hybridized carbons (Fsp3) is 0.833. The number of ether oxygens (including phenoxy) is 1. The smallest absolute Gasteiger partial charge is 0.227 e. The van der Waals surface area contributed by atoms with E-state index in [1.54, 1.807) is 6.92 Å². The number of amides is 2. The van der Waals surface area contributed by atoms with Crippen molar-refractivity contribution in [3.63, 3.8) is 0 Å². The summed E-state index contributed by atoms with van der Waals surface area (Å²) in [7, 11) is 0. The average Bonchev–Trinajstić information content (AvgIpc) is 2.72. The van der Waals surface area contributed by atoms with E-state index in [1.165, 1.54) is 0 Å². The first kappa shape index (κ1) is 14.9. The lowest BCUT2D eigenvalue weighted by molar-refractivity contribution is -0.126. The Morgan fingerprint density at radius 1 is 1.44 bits per heavy atom. The van der Waals surface area contributed by atoms with Gasteiger partial charge in [0.25, 0.3) is 0 Å². The molecule has 1 aliphatic rings. The van der Waals surface area contributed by atoms with Gasteiger partial charge >= 0.3 is 0 Å². The molecule has 1 fully saturated rings. The summed E-state index contributed by atoms with van der Waals surface area (Å²) in [6.45, 7) is 5.70. The van der Waals surface area contributed by atoms with Gasteiger partial charge in [-0.3, -0.25) is 9.59 Å². The fourth-order valence-electron chi connectivity index (χ4n) is 2.05. The zero-order valence-electron chi connectivity index (χ0n) is 11.1. The Morgan fingerprint density at radius 3 is 2.78 bits per heavy atom. The second kappa shape index (κ2) is 7.33. The van der Waals surface area contributed by atoms with Gasteiger partial charge in [-0.2, -0.15) is 0 Å². The van der Waals surface area contributed by atoms with Gasteiger partial charge in [-0.25, -0.2) is 0 Å². The Kier molecular flexibility index (Phi) is 6.07. The molecule has 3 atom stereocenters. The quantitative estimate of drug-likeness (QED) is 0.566. The SMILES string of the molecule is CCCNC1COCC1C(=O)NC(C)CC(N)=O. The Hall–Kier alpha value is -1.14. The molecule has 0 spiro atoms. The van der Waals surface area contributed by atoms with Crippen LogP contribution in [0.1, 0.15) is 26.7 Å². The summed E-state index contributed by atoms with van der Waals surface area (Å²) in [5.74, 6) is -0.673. The summed E-state index contributed by atoms with van der Waals surface area (Å²) in [5.41, 5.74) is 5.09. The van der Waals surface area contributed by atoms with Crippen molar-refractivity contribution in [2.45, 2.75) is 38.8 Å². The Morgan fingerprint density at radius 2 is 2.17 bits per heavy atom. The van der Waals surface area contributed by atoms with Gasteiger partial charge in [0.2, 0.25) is 11.8 Å². The molecule has 2 amide bonds. The lowest BCUT2D eigenvalue weighted by Crippen LogP contribution is -2.47. The van der Waals surface area contributed by atoms with Crippen LogP contribution >= 0.6 is 0 Å². The number of hydrogen-bond acceptors (Lipinski definition) is 4. The van der Waals surface area contributed by atoms with Crippen molar-refractivity contribution in [3.05, 3.63) is 0 Å². The number of carbonyl (C=O) groups is 2. The van der Waals surface area contributed by atoms with Crippen LogP contribution in [-0.2, 0) is 14.3 Å². The van der Waals surface area contributed by atoms with Gasteiger partial charge in [-0.1, -0.05) is 6.92 Å². The molecule has 1 aliphatic heterocycles. The number of hydrogen-bond donors (Lipinski definition) is 3. The van der Waals surface area contributed by atoms with Crippen LogP contribution in [0, 0.1) is 5.92 Å². The van der Waals surface area contributed by atoms with Crippen LogP contribution in [-0.4, -0.2) is 43.7 Å². The Balaban J connectivity index is 2.42. The molecular weight excluding hydrogens is 234 g/mol. The molecule has 0 aromatic rings. The highest BCUT2D eigenvalue weighted by atomic mass is 16.5. The van der Waals surface area contributed by atoms with Crippen molar-refractivity contribution in [1.82, 2.24) is 10.6 Å². The minimum Gasteiger partial charge on any atom is -0.379 e. The highest BCUT2D eigenvalue weighted by Gasteiger charge is 2.34. The maximum atomic E-state index is 12.0. The second-order valence-corrected chi connectivity index (χ2v) is 4.78. The first-order valence-corrected chi connectivity index (χ1v) is 6.44. The molecule has 0 radical (unpaired) electrons. The normalized spacial score (nSPS) is 24.8. The lowest BCUT2D eigenvalue weighted by Gasteiger charge is -2.20. The predicted molar refractivity (Wildman–Crippen MR) is 67.8 cm³/mol. The van der Waals surface area contributed by atoms with Gasteiger partial charge in [-0.15, -0.1) is 0 Å². The Labute approximate surface area is 108 Å². The molecule has 6 nitrogen and oxygen atoms in total. The second-order valence-electron chi connectivity index (χ2n) is 4.78. The van der Waals surface area contributed by atoms with E-state index in [9.17, 15) is 9.59 Å². The zero-order chi connectivity index (χ0) is 13.5.